The van der Waals surface area contributed by atoms with E-state index in [-0.39, 0.29) is 12.1 Å². The molecular weight excluding hydrogens is 248 g/mol. The Labute approximate surface area is 124 Å². The predicted octanol–water partition coefficient (Wildman–Crippen LogP) is 3.09. The Kier molecular flexibility index (Phi) is 6.03. The van der Waals surface area contributed by atoms with Crippen LogP contribution in [-0.2, 0) is 6.54 Å². The van der Waals surface area contributed by atoms with E-state index < -0.39 is 0 Å². The zero-order valence-electron chi connectivity index (χ0n) is 13.8. The molecule has 1 aromatic rings. The molecule has 0 radical (unpaired) electrons. The maximum Gasteiger partial charge on any atom is 0.0606 e. The quantitative estimate of drug-likeness (QED) is 0.839. The van der Waals surface area contributed by atoms with E-state index in [1.165, 1.54) is 16.8 Å². The van der Waals surface area contributed by atoms with Gasteiger partial charge in [-0.25, -0.2) is 0 Å². The van der Waals surface area contributed by atoms with Crippen molar-refractivity contribution in [3.8, 4) is 0 Å². The minimum absolute atomic E-state index is 0.131. The highest BCUT2D eigenvalue weighted by atomic mass is 16.3. The van der Waals surface area contributed by atoms with E-state index in [0.717, 1.165) is 6.54 Å². The van der Waals surface area contributed by atoms with Gasteiger partial charge in [-0.2, -0.15) is 0 Å². The summed E-state index contributed by atoms with van der Waals surface area (Å²) < 4.78 is 0. The molecule has 0 fully saturated rings. The van der Waals surface area contributed by atoms with Gasteiger partial charge in [-0.1, -0.05) is 6.07 Å². The summed E-state index contributed by atoms with van der Waals surface area (Å²) >= 11 is 0. The number of hydrogen-bond acceptors (Lipinski definition) is 3. The van der Waals surface area contributed by atoms with Crippen LogP contribution in [0.5, 0.6) is 0 Å². The van der Waals surface area contributed by atoms with Crippen LogP contribution < -0.4 is 10.2 Å². The highest BCUT2D eigenvalue weighted by Crippen LogP contribution is 2.21. The number of nitrogens with one attached hydrogen (secondary N) is 1. The Hall–Kier alpha value is -1.06. The molecule has 0 spiro atoms. The zero-order chi connectivity index (χ0) is 15.3. The first-order chi connectivity index (χ1) is 9.24. The maximum absolute atomic E-state index is 9.19. The van der Waals surface area contributed by atoms with E-state index in [0.29, 0.717) is 12.6 Å². The van der Waals surface area contributed by atoms with Crippen molar-refractivity contribution in [2.75, 3.05) is 18.1 Å². The molecule has 0 saturated heterocycles. The number of nitrogens with zero attached hydrogens (tertiary/aromatic N) is 1. The molecule has 0 aliphatic carbocycles. The number of anilines is 1. The first-order valence-corrected chi connectivity index (χ1v) is 7.46. The molecule has 1 aromatic carbocycles. The van der Waals surface area contributed by atoms with Gasteiger partial charge in [0.25, 0.3) is 0 Å². The van der Waals surface area contributed by atoms with Crippen molar-refractivity contribution in [3.63, 3.8) is 0 Å². The Bertz CT molecular complexity index is 421. The summed E-state index contributed by atoms with van der Waals surface area (Å²) in [5.41, 5.74) is 3.94. The van der Waals surface area contributed by atoms with Crippen LogP contribution >= 0.6 is 0 Å². The fraction of sp³-hybridized carbons (Fsp3) is 0.647. The molecule has 0 saturated carbocycles. The van der Waals surface area contributed by atoms with Gasteiger partial charge in [-0.3, -0.25) is 0 Å². The summed E-state index contributed by atoms with van der Waals surface area (Å²) in [6, 6.07) is 6.95. The molecule has 0 heterocycles. The number of aliphatic hydroxyl groups excluding tert-OH is 1. The Morgan fingerprint density at radius 3 is 2.35 bits per heavy atom. The van der Waals surface area contributed by atoms with Crippen LogP contribution in [0.15, 0.2) is 18.2 Å². The highest BCUT2D eigenvalue weighted by molar-refractivity contribution is 5.51. The van der Waals surface area contributed by atoms with Crippen LogP contribution in [0.25, 0.3) is 0 Å². The van der Waals surface area contributed by atoms with Gasteiger partial charge < -0.3 is 15.3 Å². The topological polar surface area (TPSA) is 35.5 Å². The molecule has 2 N–H and O–H groups in total. The third kappa shape index (κ3) is 5.14. The smallest absolute Gasteiger partial charge is 0.0606 e. The molecule has 1 rings (SSSR count). The Balaban J connectivity index is 2.86. The van der Waals surface area contributed by atoms with E-state index in [1.54, 1.807) is 0 Å². The Morgan fingerprint density at radius 2 is 1.90 bits per heavy atom. The van der Waals surface area contributed by atoms with E-state index >= 15 is 0 Å². The number of aryl methyl sites for hydroxylation is 1. The van der Waals surface area contributed by atoms with E-state index in [9.17, 15) is 5.11 Å². The summed E-state index contributed by atoms with van der Waals surface area (Å²) in [5.74, 6) is 0. The molecule has 20 heavy (non-hydrogen) atoms. The number of hydrogen-bond donors (Lipinski definition) is 2. The summed E-state index contributed by atoms with van der Waals surface area (Å²) in [6.07, 6.45) is 0. The lowest BCUT2D eigenvalue weighted by molar-refractivity contribution is 0.299. The lowest BCUT2D eigenvalue weighted by atomic mass is 10.0. The fourth-order valence-corrected chi connectivity index (χ4v) is 2.21. The highest BCUT2D eigenvalue weighted by Gasteiger charge is 2.13. The van der Waals surface area contributed by atoms with Gasteiger partial charge in [0.05, 0.1) is 6.61 Å². The monoisotopic (exact) mass is 278 g/mol. The average Bonchev–Trinajstić information content (AvgIpc) is 2.33. The summed E-state index contributed by atoms with van der Waals surface area (Å²) in [5, 5.41) is 12.7. The third-order valence-corrected chi connectivity index (χ3v) is 3.43. The van der Waals surface area contributed by atoms with Crippen LogP contribution in [0.4, 0.5) is 5.69 Å². The fourth-order valence-electron chi connectivity index (χ4n) is 2.21. The molecule has 0 unspecified atom stereocenters. The van der Waals surface area contributed by atoms with Crippen molar-refractivity contribution in [2.24, 2.45) is 0 Å². The number of rotatable bonds is 6. The van der Waals surface area contributed by atoms with Crippen LogP contribution in [0.3, 0.4) is 0 Å². The first kappa shape index (κ1) is 17.0. The molecule has 0 aliphatic heterocycles. The van der Waals surface area contributed by atoms with Crippen LogP contribution in [0.2, 0.25) is 0 Å². The van der Waals surface area contributed by atoms with E-state index in [4.69, 9.17) is 0 Å². The minimum atomic E-state index is 0.131. The second-order valence-electron chi connectivity index (χ2n) is 6.73. The zero-order valence-corrected chi connectivity index (χ0v) is 13.8. The molecule has 3 nitrogen and oxygen atoms in total. The SMILES string of the molecule is Cc1cc(N(CCO)C(C)C)ccc1CNC(C)(C)C. The first-order valence-electron chi connectivity index (χ1n) is 7.46. The van der Waals surface area contributed by atoms with Crippen LogP contribution in [0, 0.1) is 6.92 Å². The molecule has 0 atom stereocenters. The van der Waals surface area contributed by atoms with E-state index in [1.807, 2.05) is 0 Å². The molecule has 114 valence electrons. The van der Waals surface area contributed by atoms with Gasteiger partial charge in [0.15, 0.2) is 0 Å². The third-order valence-electron chi connectivity index (χ3n) is 3.43. The summed E-state index contributed by atoms with van der Waals surface area (Å²) in [4.78, 5) is 2.23. The number of aliphatic hydroxyl groups is 1. The van der Waals surface area contributed by atoms with Crippen molar-refractivity contribution < 1.29 is 5.11 Å². The normalized spacial score (nSPS) is 12.0. The summed E-state index contributed by atoms with van der Waals surface area (Å²) in [7, 11) is 0. The van der Waals surface area contributed by atoms with E-state index in [2.05, 4.69) is 70.0 Å². The van der Waals surface area contributed by atoms with Crippen molar-refractivity contribution in [3.05, 3.63) is 29.3 Å². The largest absolute Gasteiger partial charge is 0.395 e. The molecular formula is C17H30N2O. The van der Waals surface area contributed by atoms with Gasteiger partial charge in [0, 0.05) is 30.4 Å². The maximum atomic E-state index is 9.19. The van der Waals surface area contributed by atoms with Crippen molar-refractivity contribution >= 4 is 5.69 Å². The number of benzene rings is 1. The minimum Gasteiger partial charge on any atom is -0.395 e. The Morgan fingerprint density at radius 1 is 1.25 bits per heavy atom. The molecule has 0 aliphatic rings. The second kappa shape index (κ2) is 7.09. The van der Waals surface area contributed by atoms with Crippen molar-refractivity contribution in [2.45, 2.75) is 59.7 Å². The van der Waals surface area contributed by atoms with Crippen molar-refractivity contribution in [1.29, 1.82) is 0 Å². The predicted molar refractivity (Wildman–Crippen MR) is 87.3 cm³/mol. The molecule has 0 amide bonds. The molecule has 0 bridgehead atoms. The van der Waals surface area contributed by atoms with Gasteiger partial charge in [0.2, 0.25) is 0 Å². The standard InChI is InChI=1S/C17H30N2O/c1-13(2)19(9-10-20)16-8-7-15(14(3)11-16)12-18-17(4,5)6/h7-8,11,13,18,20H,9-10,12H2,1-6H3. The lowest BCUT2D eigenvalue weighted by Crippen LogP contribution is -2.35. The van der Waals surface area contributed by atoms with Gasteiger partial charge in [-0.05, 0) is 64.8 Å². The molecule has 3 heteroatoms. The summed E-state index contributed by atoms with van der Waals surface area (Å²) in [6.45, 7) is 14.7. The van der Waals surface area contributed by atoms with Crippen LogP contribution in [0.1, 0.15) is 45.7 Å². The van der Waals surface area contributed by atoms with Gasteiger partial charge in [-0.15, -0.1) is 0 Å². The lowest BCUT2D eigenvalue weighted by Gasteiger charge is -2.29. The average molecular weight is 278 g/mol. The second-order valence-corrected chi connectivity index (χ2v) is 6.73. The van der Waals surface area contributed by atoms with Crippen molar-refractivity contribution in [1.82, 2.24) is 5.32 Å². The van der Waals surface area contributed by atoms with Gasteiger partial charge in [0.1, 0.15) is 0 Å². The van der Waals surface area contributed by atoms with Crippen LogP contribution in [-0.4, -0.2) is 29.8 Å². The van der Waals surface area contributed by atoms with Gasteiger partial charge >= 0.3 is 0 Å². The molecule has 0 aromatic heterocycles.